The van der Waals surface area contributed by atoms with E-state index in [4.69, 9.17) is 17.3 Å². The highest BCUT2D eigenvalue weighted by Gasteiger charge is 2.20. The van der Waals surface area contributed by atoms with Crippen LogP contribution in [0.2, 0.25) is 0 Å². The summed E-state index contributed by atoms with van der Waals surface area (Å²) >= 11 is 8.94. The van der Waals surface area contributed by atoms with Gasteiger partial charge in [0.25, 0.3) is 0 Å². The number of nitrogens with one attached hydrogen (secondary N) is 1. The topological polar surface area (TPSA) is 49.3 Å². The molecule has 15 heavy (non-hydrogen) atoms. The summed E-state index contributed by atoms with van der Waals surface area (Å²) < 4.78 is 0. The summed E-state index contributed by atoms with van der Waals surface area (Å²) in [5.41, 5.74) is 0.788. The Bertz CT molecular complexity index is 354. The third kappa shape index (κ3) is 3.53. The average molecular weight is 241 g/mol. The smallest absolute Gasteiger partial charge is 0.314 e. The van der Waals surface area contributed by atoms with Crippen LogP contribution in [0.4, 0.5) is 5.69 Å². The molecule has 1 aromatic rings. The lowest BCUT2D eigenvalue weighted by Crippen LogP contribution is -2.29. The molecule has 0 radical (unpaired) electrons. The van der Waals surface area contributed by atoms with Gasteiger partial charge in [0.2, 0.25) is 0 Å². The zero-order chi connectivity index (χ0) is 11.3. The van der Waals surface area contributed by atoms with Crippen molar-refractivity contribution in [1.29, 1.82) is 0 Å². The van der Waals surface area contributed by atoms with Crippen LogP contribution < -0.4 is 5.32 Å². The highest BCUT2D eigenvalue weighted by atomic mass is 32.1. The van der Waals surface area contributed by atoms with Crippen LogP contribution in [0.5, 0.6) is 0 Å². The van der Waals surface area contributed by atoms with Gasteiger partial charge in [0.05, 0.1) is 4.99 Å². The van der Waals surface area contributed by atoms with E-state index in [-0.39, 0.29) is 10.7 Å². The first-order valence-corrected chi connectivity index (χ1v) is 5.39. The summed E-state index contributed by atoms with van der Waals surface area (Å²) in [6.45, 7) is 0. The van der Waals surface area contributed by atoms with E-state index >= 15 is 0 Å². The third-order valence-corrected chi connectivity index (χ3v) is 2.59. The van der Waals surface area contributed by atoms with Gasteiger partial charge < -0.3 is 10.4 Å². The zero-order valence-electron chi connectivity index (χ0n) is 7.88. The predicted molar refractivity (Wildman–Crippen MR) is 67.6 cm³/mol. The Hall–Kier alpha value is -1.07. The van der Waals surface area contributed by atoms with Gasteiger partial charge in [-0.2, -0.15) is 12.6 Å². The standard InChI is InChI=1S/C10H11NO2S2/c12-10(13)8(6-14)9(15)11-7-4-2-1-3-5-7/h1-5,8,14H,6H2,(H,11,15)(H,12,13)/t8-/m0/s1. The summed E-state index contributed by atoms with van der Waals surface area (Å²) in [5.74, 6) is -1.52. The van der Waals surface area contributed by atoms with E-state index in [1.54, 1.807) is 0 Å². The Morgan fingerprint density at radius 2 is 2.07 bits per heavy atom. The van der Waals surface area contributed by atoms with E-state index in [0.717, 1.165) is 5.69 Å². The lowest BCUT2D eigenvalue weighted by atomic mass is 10.2. The predicted octanol–water partition coefficient (Wildman–Crippen LogP) is 2.06. The fourth-order valence-electron chi connectivity index (χ4n) is 1.02. The van der Waals surface area contributed by atoms with Crippen molar-refractivity contribution in [3.63, 3.8) is 0 Å². The van der Waals surface area contributed by atoms with Crippen molar-refractivity contribution in [3.8, 4) is 0 Å². The molecule has 0 aliphatic carbocycles. The molecule has 5 heteroatoms. The molecule has 80 valence electrons. The second-order valence-electron chi connectivity index (χ2n) is 2.93. The van der Waals surface area contributed by atoms with Crippen molar-refractivity contribution in [2.24, 2.45) is 5.92 Å². The quantitative estimate of drug-likeness (QED) is 0.558. The molecule has 1 rings (SSSR count). The second-order valence-corrected chi connectivity index (χ2v) is 3.73. The lowest BCUT2D eigenvalue weighted by molar-refractivity contribution is -0.138. The van der Waals surface area contributed by atoms with E-state index in [1.807, 2.05) is 30.3 Å². The molecule has 3 nitrogen and oxygen atoms in total. The molecule has 1 atom stereocenters. The van der Waals surface area contributed by atoms with Gasteiger partial charge >= 0.3 is 5.97 Å². The number of hydrogen-bond acceptors (Lipinski definition) is 3. The van der Waals surface area contributed by atoms with Gasteiger partial charge in [-0.15, -0.1) is 0 Å². The number of carbonyl (C=O) groups is 1. The fraction of sp³-hybridized carbons (Fsp3) is 0.200. The van der Waals surface area contributed by atoms with E-state index in [0.29, 0.717) is 0 Å². The highest BCUT2D eigenvalue weighted by molar-refractivity contribution is 7.81. The average Bonchev–Trinajstić information content (AvgIpc) is 2.19. The molecular weight excluding hydrogens is 230 g/mol. The Morgan fingerprint density at radius 3 is 2.53 bits per heavy atom. The van der Waals surface area contributed by atoms with Crippen LogP contribution in [0.1, 0.15) is 0 Å². The molecule has 1 aromatic carbocycles. The van der Waals surface area contributed by atoms with Crippen LogP contribution in [0.15, 0.2) is 30.3 Å². The van der Waals surface area contributed by atoms with Gasteiger partial charge in [0.1, 0.15) is 5.92 Å². The monoisotopic (exact) mass is 241 g/mol. The third-order valence-electron chi connectivity index (χ3n) is 1.84. The summed E-state index contributed by atoms with van der Waals surface area (Å²) in [6.07, 6.45) is 0. The van der Waals surface area contributed by atoms with Crippen molar-refractivity contribution < 1.29 is 9.90 Å². The van der Waals surface area contributed by atoms with Crippen molar-refractivity contribution in [3.05, 3.63) is 30.3 Å². The van der Waals surface area contributed by atoms with Crippen molar-refractivity contribution in [2.45, 2.75) is 0 Å². The Labute approximate surface area is 98.9 Å². The Morgan fingerprint density at radius 1 is 1.47 bits per heavy atom. The first-order valence-electron chi connectivity index (χ1n) is 4.34. The molecule has 0 spiro atoms. The summed E-state index contributed by atoms with van der Waals surface area (Å²) in [4.78, 5) is 11.1. The highest BCUT2D eigenvalue weighted by Crippen LogP contribution is 2.10. The molecule has 0 aliphatic heterocycles. The zero-order valence-corrected chi connectivity index (χ0v) is 9.59. The van der Waals surface area contributed by atoms with Crippen LogP contribution in [0.3, 0.4) is 0 Å². The van der Waals surface area contributed by atoms with Crippen LogP contribution in [-0.2, 0) is 4.79 Å². The Kier molecular flexibility index (Phi) is 4.58. The van der Waals surface area contributed by atoms with Gasteiger partial charge in [0.15, 0.2) is 0 Å². The van der Waals surface area contributed by atoms with Gasteiger partial charge in [-0.05, 0) is 12.1 Å². The van der Waals surface area contributed by atoms with Crippen LogP contribution in [0.25, 0.3) is 0 Å². The number of anilines is 1. The molecule has 2 N–H and O–H groups in total. The van der Waals surface area contributed by atoms with Crippen LogP contribution >= 0.6 is 24.8 Å². The minimum absolute atomic E-state index is 0.188. The first kappa shape index (κ1) is 12.0. The van der Waals surface area contributed by atoms with E-state index < -0.39 is 11.9 Å². The van der Waals surface area contributed by atoms with Crippen molar-refractivity contribution >= 4 is 41.5 Å². The molecule has 0 fully saturated rings. The number of benzene rings is 1. The van der Waals surface area contributed by atoms with Gasteiger partial charge in [-0.25, -0.2) is 0 Å². The maximum Gasteiger partial charge on any atom is 0.314 e. The molecule has 0 saturated heterocycles. The number of thiocarbonyl (C=S) groups is 1. The summed E-state index contributed by atoms with van der Waals surface area (Å²) in [6, 6.07) is 9.22. The number of thiol groups is 1. The van der Waals surface area contributed by atoms with E-state index in [1.165, 1.54) is 0 Å². The minimum Gasteiger partial charge on any atom is -0.481 e. The molecule has 0 saturated carbocycles. The van der Waals surface area contributed by atoms with E-state index in [2.05, 4.69) is 17.9 Å². The molecule has 0 amide bonds. The molecular formula is C10H11NO2S2. The van der Waals surface area contributed by atoms with Crippen molar-refractivity contribution in [2.75, 3.05) is 11.1 Å². The number of rotatable bonds is 4. The molecule has 0 unspecified atom stereocenters. The lowest BCUT2D eigenvalue weighted by Gasteiger charge is -2.13. The van der Waals surface area contributed by atoms with E-state index in [9.17, 15) is 4.79 Å². The maximum atomic E-state index is 10.8. The van der Waals surface area contributed by atoms with Gasteiger partial charge in [0, 0.05) is 11.4 Å². The number of aliphatic carboxylic acids is 1. The second kappa shape index (κ2) is 5.72. The van der Waals surface area contributed by atoms with Gasteiger partial charge in [-0.3, -0.25) is 4.79 Å². The molecule has 0 bridgehead atoms. The SMILES string of the molecule is O=C(O)[C@@H](CS)C(=S)Nc1ccccc1. The van der Waals surface area contributed by atoms with Crippen molar-refractivity contribution in [1.82, 2.24) is 0 Å². The fourth-order valence-corrected chi connectivity index (χ4v) is 1.79. The summed E-state index contributed by atoms with van der Waals surface area (Å²) in [7, 11) is 0. The normalized spacial score (nSPS) is 11.8. The molecule has 0 aliphatic rings. The first-order chi connectivity index (χ1) is 7.15. The molecule has 0 aromatic heterocycles. The van der Waals surface area contributed by atoms with Gasteiger partial charge in [-0.1, -0.05) is 30.4 Å². The number of carboxylic acid groups (broad SMARTS) is 1. The maximum absolute atomic E-state index is 10.8. The number of para-hydroxylation sites is 1. The summed E-state index contributed by atoms with van der Waals surface area (Å²) in [5, 5.41) is 11.7. The van der Waals surface area contributed by atoms with Crippen LogP contribution in [0, 0.1) is 5.92 Å². The van der Waals surface area contributed by atoms with Crippen LogP contribution in [-0.4, -0.2) is 21.8 Å². The largest absolute Gasteiger partial charge is 0.481 e. The minimum atomic E-state index is -0.960. The Balaban J connectivity index is 2.66. The number of carboxylic acids is 1. The number of hydrogen-bond donors (Lipinski definition) is 3. The molecule has 0 heterocycles.